The van der Waals surface area contributed by atoms with Crippen LogP contribution in [-0.2, 0) is 0 Å². The van der Waals surface area contributed by atoms with Gasteiger partial charge in [-0.3, -0.25) is 4.57 Å². The first-order valence-electron chi connectivity index (χ1n) is 7.08. The van der Waals surface area contributed by atoms with E-state index in [0.29, 0.717) is 17.0 Å². The number of rotatable bonds is 2. The molecule has 1 atom stereocenters. The van der Waals surface area contributed by atoms with Gasteiger partial charge in [-0.2, -0.15) is 0 Å². The van der Waals surface area contributed by atoms with Crippen LogP contribution in [0.25, 0.3) is 11.0 Å². The molecule has 1 aromatic heterocycles. The molecule has 0 saturated carbocycles. The van der Waals surface area contributed by atoms with Gasteiger partial charge in [0, 0.05) is 0 Å². The Bertz CT molecular complexity index is 759. The van der Waals surface area contributed by atoms with Gasteiger partial charge in [-0.1, -0.05) is 32.5 Å². The van der Waals surface area contributed by atoms with Gasteiger partial charge in [-0.15, -0.1) is 0 Å². The number of nitrogens with zero attached hydrogens (tertiary/aromatic N) is 2. The molecular weight excluding hydrogens is 300 g/mol. The second-order valence-electron chi connectivity index (χ2n) is 6.23. The molecule has 1 aliphatic heterocycles. The van der Waals surface area contributed by atoms with Gasteiger partial charge < -0.3 is 14.6 Å². The molecule has 0 spiro atoms. The predicted octanol–water partition coefficient (Wildman–Crippen LogP) is 3.58. The molecule has 22 heavy (non-hydrogen) atoms. The van der Waals surface area contributed by atoms with Crippen LogP contribution in [-0.4, -0.2) is 28.9 Å². The maximum Gasteiger partial charge on any atom is 0.176 e. The first kappa shape index (κ1) is 15.2. The van der Waals surface area contributed by atoms with E-state index in [0.717, 1.165) is 15.6 Å². The lowest BCUT2D eigenvalue weighted by molar-refractivity contribution is 0.145. The number of benzene rings is 1. The molecule has 6 heteroatoms. The number of aromatic nitrogens is 2. The summed E-state index contributed by atoms with van der Waals surface area (Å²) < 4.78 is 12.6. The monoisotopic (exact) mass is 320 g/mol. The number of methoxy groups -OCH3 is 2. The van der Waals surface area contributed by atoms with Crippen molar-refractivity contribution in [3.05, 3.63) is 23.1 Å². The van der Waals surface area contributed by atoms with Gasteiger partial charge in [-0.25, -0.2) is 4.98 Å². The van der Waals surface area contributed by atoms with Crippen LogP contribution in [0.4, 0.5) is 0 Å². The number of hydrogen-bond donors (Lipinski definition) is 1. The van der Waals surface area contributed by atoms with Crippen molar-refractivity contribution in [2.75, 3.05) is 14.2 Å². The third kappa shape index (κ3) is 2.27. The van der Waals surface area contributed by atoms with Crippen LogP contribution in [0.3, 0.4) is 0 Å². The van der Waals surface area contributed by atoms with Gasteiger partial charge in [0.25, 0.3) is 0 Å². The summed E-state index contributed by atoms with van der Waals surface area (Å²) in [6.07, 6.45) is 1.11. The first-order chi connectivity index (χ1) is 10.4. The molecular formula is C16H20N2O3S. The van der Waals surface area contributed by atoms with E-state index in [2.05, 4.69) is 25.8 Å². The molecule has 2 heterocycles. The minimum Gasteiger partial charge on any atom is -0.494 e. The summed E-state index contributed by atoms with van der Waals surface area (Å²) >= 11 is 1.57. The van der Waals surface area contributed by atoms with Gasteiger partial charge in [0.15, 0.2) is 11.4 Å². The molecule has 0 aliphatic carbocycles. The Hall–Kier alpha value is -1.66. The Kier molecular flexibility index (Phi) is 3.61. The van der Waals surface area contributed by atoms with Crippen molar-refractivity contribution < 1.29 is 14.6 Å². The summed E-state index contributed by atoms with van der Waals surface area (Å²) in [4.78, 5) is 5.76. The third-order valence-electron chi connectivity index (χ3n) is 3.68. The molecule has 2 aromatic rings. The second-order valence-corrected chi connectivity index (χ2v) is 7.24. The lowest BCUT2D eigenvalue weighted by atomic mass is 9.95. The van der Waals surface area contributed by atoms with E-state index < -0.39 is 6.23 Å². The Balaban J connectivity index is 2.25. The lowest BCUT2D eigenvalue weighted by Gasteiger charge is -2.28. The summed E-state index contributed by atoms with van der Waals surface area (Å²) in [5, 5.41) is 11.4. The van der Waals surface area contributed by atoms with E-state index >= 15 is 0 Å². The van der Waals surface area contributed by atoms with Crippen molar-refractivity contribution in [3.8, 4) is 11.5 Å². The van der Waals surface area contributed by atoms with Gasteiger partial charge in [0.2, 0.25) is 0 Å². The Morgan fingerprint density at radius 3 is 2.41 bits per heavy atom. The van der Waals surface area contributed by atoms with E-state index in [1.807, 2.05) is 18.2 Å². The van der Waals surface area contributed by atoms with Crippen molar-refractivity contribution in [1.29, 1.82) is 0 Å². The summed E-state index contributed by atoms with van der Waals surface area (Å²) in [7, 11) is 3.22. The molecule has 1 aliphatic rings. The molecule has 1 aromatic carbocycles. The number of hydrogen-bond acceptors (Lipinski definition) is 5. The van der Waals surface area contributed by atoms with E-state index in [9.17, 15) is 5.11 Å². The van der Waals surface area contributed by atoms with Gasteiger partial charge >= 0.3 is 0 Å². The predicted molar refractivity (Wildman–Crippen MR) is 87.5 cm³/mol. The number of ether oxygens (including phenoxy) is 2. The lowest BCUT2D eigenvalue weighted by Crippen LogP contribution is -2.17. The molecule has 118 valence electrons. The zero-order valence-corrected chi connectivity index (χ0v) is 14.2. The first-order valence-corrected chi connectivity index (χ1v) is 7.89. The Labute approximate surface area is 133 Å². The number of thioether (sulfide) groups is 1. The number of aliphatic hydroxyl groups excluding tert-OH is 1. The highest BCUT2D eigenvalue weighted by Gasteiger charge is 2.30. The third-order valence-corrected chi connectivity index (χ3v) is 5.12. The van der Waals surface area contributed by atoms with Gasteiger partial charge in [0.05, 0.1) is 14.2 Å². The zero-order valence-electron chi connectivity index (χ0n) is 13.4. The fourth-order valence-electron chi connectivity index (χ4n) is 2.52. The van der Waals surface area contributed by atoms with Crippen LogP contribution in [0.5, 0.6) is 11.5 Å². The topological polar surface area (TPSA) is 56.5 Å². The molecule has 0 fully saturated rings. The van der Waals surface area contributed by atoms with Crippen molar-refractivity contribution in [2.45, 2.75) is 32.2 Å². The standard InChI is InChI=1S/C16H20N2O3S/c1-16(2,3)11-8-12(19)18-14-10(21-5)7-6-9(20-4)13(14)17-15(18)22-11/h6-8,12,19H,1-5H3/t12-/m1/s1. The molecule has 0 amide bonds. The summed E-state index contributed by atoms with van der Waals surface area (Å²) in [6.45, 7) is 6.37. The molecule has 1 N–H and O–H groups in total. The van der Waals surface area contributed by atoms with Crippen molar-refractivity contribution >= 4 is 22.8 Å². The van der Waals surface area contributed by atoms with Crippen molar-refractivity contribution in [3.63, 3.8) is 0 Å². The smallest absolute Gasteiger partial charge is 0.176 e. The van der Waals surface area contributed by atoms with Crippen LogP contribution in [0.2, 0.25) is 0 Å². The quantitative estimate of drug-likeness (QED) is 0.916. The van der Waals surface area contributed by atoms with Crippen molar-refractivity contribution in [2.24, 2.45) is 5.41 Å². The Morgan fingerprint density at radius 1 is 1.18 bits per heavy atom. The van der Waals surface area contributed by atoms with E-state index in [-0.39, 0.29) is 5.41 Å². The van der Waals surface area contributed by atoms with Crippen LogP contribution < -0.4 is 9.47 Å². The highest BCUT2D eigenvalue weighted by atomic mass is 32.2. The molecule has 0 unspecified atom stereocenters. The maximum absolute atomic E-state index is 10.6. The second kappa shape index (κ2) is 5.21. The van der Waals surface area contributed by atoms with Crippen LogP contribution in [0, 0.1) is 5.41 Å². The fraction of sp³-hybridized carbons (Fsp3) is 0.438. The van der Waals surface area contributed by atoms with Gasteiger partial charge in [-0.05, 0) is 28.5 Å². The van der Waals surface area contributed by atoms with Crippen molar-refractivity contribution in [1.82, 2.24) is 9.55 Å². The molecule has 0 radical (unpaired) electrons. The van der Waals surface area contributed by atoms with Crippen LogP contribution in [0.1, 0.15) is 27.0 Å². The summed E-state index contributed by atoms with van der Waals surface area (Å²) in [6, 6.07) is 3.66. The number of fused-ring (bicyclic) bond motifs is 3. The minimum absolute atomic E-state index is 0.0385. The number of imidazole rings is 1. The zero-order chi connectivity index (χ0) is 16.1. The SMILES string of the molecule is COc1ccc(OC)c2c1nc1n2[C@H](O)C=C(C(C)(C)C)S1. The van der Waals surface area contributed by atoms with Crippen LogP contribution >= 0.6 is 11.8 Å². The highest BCUT2D eigenvalue weighted by molar-refractivity contribution is 8.03. The van der Waals surface area contributed by atoms with E-state index in [1.54, 1.807) is 30.5 Å². The highest BCUT2D eigenvalue weighted by Crippen LogP contribution is 2.47. The largest absolute Gasteiger partial charge is 0.494 e. The molecule has 3 rings (SSSR count). The molecule has 5 nitrogen and oxygen atoms in total. The normalized spacial score (nSPS) is 18.1. The molecule has 0 bridgehead atoms. The summed E-state index contributed by atoms with van der Waals surface area (Å²) in [5.74, 6) is 1.34. The van der Waals surface area contributed by atoms with E-state index in [4.69, 9.17) is 9.47 Å². The minimum atomic E-state index is -0.767. The maximum atomic E-state index is 10.6. The Morgan fingerprint density at radius 2 is 1.82 bits per heavy atom. The van der Waals surface area contributed by atoms with Gasteiger partial charge in [0.1, 0.15) is 22.5 Å². The van der Waals surface area contributed by atoms with Crippen LogP contribution in [0.15, 0.2) is 28.3 Å². The average Bonchev–Trinajstić information content (AvgIpc) is 2.85. The average molecular weight is 320 g/mol. The number of allylic oxidation sites excluding steroid dienone is 1. The fourth-order valence-corrected chi connectivity index (χ4v) is 3.65. The van der Waals surface area contributed by atoms with E-state index in [1.165, 1.54) is 0 Å². The summed E-state index contributed by atoms with van der Waals surface area (Å²) in [5.41, 5.74) is 1.41. The molecule has 0 saturated heterocycles. The number of aliphatic hydroxyl groups is 1.